The van der Waals surface area contributed by atoms with Gasteiger partial charge in [-0.15, -0.1) is 0 Å². The molecule has 4 rings (SSSR count). The van der Waals surface area contributed by atoms with E-state index in [0.717, 1.165) is 26.6 Å². The van der Waals surface area contributed by atoms with Crippen LogP contribution in [0.2, 0.25) is 0 Å². The molecule has 0 saturated heterocycles. The van der Waals surface area contributed by atoms with Gasteiger partial charge in [0.15, 0.2) is 0 Å². The van der Waals surface area contributed by atoms with Gasteiger partial charge in [-0.05, 0) is 68.3 Å². The SMILES string of the molecule is CCOc1ccc(N(CC(=O)N[C@@H](c2ccccc2)c2ccc(C)cc2)S(=O)(=O)c2ccc(C)cc2)cc1. The highest BCUT2D eigenvalue weighted by molar-refractivity contribution is 7.92. The molecule has 6 nitrogen and oxygen atoms in total. The third-order valence-corrected chi connectivity index (χ3v) is 7.97. The van der Waals surface area contributed by atoms with Crippen LogP contribution >= 0.6 is 0 Å². The number of rotatable bonds is 10. The minimum Gasteiger partial charge on any atom is -0.494 e. The quantitative estimate of drug-likeness (QED) is 0.282. The largest absolute Gasteiger partial charge is 0.494 e. The maximum absolute atomic E-state index is 13.8. The molecule has 0 unspecified atom stereocenters. The predicted octanol–water partition coefficient (Wildman–Crippen LogP) is 5.80. The van der Waals surface area contributed by atoms with E-state index >= 15 is 0 Å². The number of hydrogen-bond donors (Lipinski definition) is 1. The van der Waals surface area contributed by atoms with Gasteiger partial charge in [0.1, 0.15) is 12.3 Å². The maximum Gasteiger partial charge on any atom is 0.264 e. The minimum absolute atomic E-state index is 0.114. The van der Waals surface area contributed by atoms with E-state index in [2.05, 4.69) is 5.32 Å². The Hall–Kier alpha value is -4.10. The molecule has 1 N–H and O–H groups in total. The second-order valence-corrected chi connectivity index (χ2v) is 10.9. The highest BCUT2D eigenvalue weighted by atomic mass is 32.2. The molecule has 1 atom stereocenters. The van der Waals surface area contributed by atoms with E-state index in [-0.39, 0.29) is 11.4 Å². The lowest BCUT2D eigenvalue weighted by Crippen LogP contribution is -2.42. The van der Waals surface area contributed by atoms with E-state index in [1.807, 2.05) is 75.4 Å². The zero-order valence-corrected chi connectivity index (χ0v) is 22.6. The van der Waals surface area contributed by atoms with Crippen molar-refractivity contribution in [3.63, 3.8) is 0 Å². The summed E-state index contributed by atoms with van der Waals surface area (Å²) < 4.78 is 34.2. The number of sulfonamides is 1. The standard InChI is InChI=1S/C31H32N2O4S/c1-4-37-28-18-16-27(17-19-28)33(38(35,36)29-20-12-24(3)13-21-29)22-30(34)32-31(25-8-6-5-7-9-25)26-14-10-23(2)11-15-26/h5-21,31H,4,22H2,1-3H3,(H,32,34)/t31-/m0/s1. The summed E-state index contributed by atoms with van der Waals surface area (Å²) in [6, 6.07) is 30.4. The van der Waals surface area contributed by atoms with Crippen LogP contribution in [0.4, 0.5) is 5.69 Å². The van der Waals surface area contributed by atoms with Crippen molar-refractivity contribution >= 4 is 21.6 Å². The first-order valence-corrected chi connectivity index (χ1v) is 13.9. The van der Waals surface area contributed by atoms with Crippen LogP contribution in [0.25, 0.3) is 0 Å². The van der Waals surface area contributed by atoms with Crippen molar-refractivity contribution in [1.29, 1.82) is 0 Å². The van der Waals surface area contributed by atoms with Gasteiger partial charge in [-0.1, -0.05) is 77.9 Å². The van der Waals surface area contributed by atoms with Crippen LogP contribution in [0.1, 0.15) is 35.2 Å². The second-order valence-electron chi connectivity index (χ2n) is 9.07. The van der Waals surface area contributed by atoms with Crippen LogP contribution < -0.4 is 14.4 Å². The van der Waals surface area contributed by atoms with Crippen molar-refractivity contribution in [3.8, 4) is 5.75 Å². The predicted molar refractivity (Wildman–Crippen MR) is 151 cm³/mol. The third-order valence-electron chi connectivity index (χ3n) is 6.18. The summed E-state index contributed by atoms with van der Waals surface area (Å²) in [4.78, 5) is 13.6. The Balaban J connectivity index is 1.67. The number of hydrogen-bond acceptors (Lipinski definition) is 4. The fourth-order valence-corrected chi connectivity index (χ4v) is 5.55. The van der Waals surface area contributed by atoms with Crippen LogP contribution in [0.3, 0.4) is 0 Å². The van der Waals surface area contributed by atoms with Crippen molar-refractivity contribution in [2.24, 2.45) is 0 Å². The van der Waals surface area contributed by atoms with Crippen LogP contribution in [0.15, 0.2) is 108 Å². The second kappa shape index (κ2) is 12.0. The van der Waals surface area contributed by atoms with Crippen molar-refractivity contribution in [1.82, 2.24) is 5.32 Å². The molecule has 0 aliphatic heterocycles. The van der Waals surface area contributed by atoms with Gasteiger partial charge >= 0.3 is 0 Å². The molecular formula is C31H32N2O4S. The number of amides is 1. The number of anilines is 1. The first-order chi connectivity index (χ1) is 18.3. The number of carbonyl (C=O) groups excluding carboxylic acids is 1. The number of carbonyl (C=O) groups is 1. The summed E-state index contributed by atoms with van der Waals surface area (Å²) in [5.41, 5.74) is 4.23. The van der Waals surface area contributed by atoms with Crippen molar-refractivity contribution in [3.05, 3.63) is 125 Å². The summed E-state index contributed by atoms with van der Waals surface area (Å²) in [6.45, 7) is 5.88. The number of benzene rings is 4. The van der Waals surface area contributed by atoms with Crippen molar-refractivity contribution in [2.75, 3.05) is 17.5 Å². The lowest BCUT2D eigenvalue weighted by atomic mass is 9.98. The van der Waals surface area contributed by atoms with Gasteiger partial charge in [-0.3, -0.25) is 9.10 Å². The average Bonchev–Trinajstić information content (AvgIpc) is 2.92. The lowest BCUT2D eigenvalue weighted by Gasteiger charge is -2.26. The molecule has 0 aliphatic carbocycles. The summed E-state index contributed by atoms with van der Waals surface area (Å²) >= 11 is 0. The molecule has 0 bridgehead atoms. The first kappa shape index (κ1) is 26.9. The first-order valence-electron chi connectivity index (χ1n) is 12.5. The Kier molecular flexibility index (Phi) is 8.48. The van der Waals surface area contributed by atoms with Gasteiger partial charge in [0.05, 0.1) is 23.2 Å². The summed E-state index contributed by atoms with van der Waals surface area (Å²) in [6.07, 6.45) is 0. The molecule has 0 radical (unpaired) electrons. The molecule has 7 heteroatoms. The lowest BCUT2D eigenvalue weighted by molar-refractivity contribution is -0.120. The van der Waals surface area contributed by atoms with E-state index in [1.165, 1.54) is 0 Å². The van der Waals surface area contributed by atoms with Gasteiger partial charge < -0.3 is 10.1 Å². The number of ether oxygens (including phenoxy) is 1. The Morgan fingerprint density at radius 1 is 0.789 bits per heavy atom. The molecular weight excluding hydrogens is 496 g/mol. The van der Waals surface area contributed by atoms with Gasteiger partial charge in [-0.2, -0.15) is 0 Å². The molecule has 196 valence electrons. The van der Waals surface area contributed by atoms with Gasteiger partial charge in [0.25, 0.3) is 10.0 Å². The molecule has 4 aromatic carbocycles. The zero-order valence-electron chi connectivity index (χ0n) is 21.8. The van der Waals surface area contributed by atoms with Crippen molar-refractivity contribution in [2.45, 2.75) is 31.7 Å². The average molecular weight is 529 g/mol. The van der Waals surface area contributed by atoms with Crippen molar-refractivity contribution < 1.29 is 17.9 Å². The highest BCUT2D eigenvalue weighted by Crippen LogP contribution is 2.27. The van der Waals surface area contributed by atoms with Gasteiger partial charge in [0.2, 0.25) is 5.91 Å². The van der Waals surface area contributed by atoms with Gasteiger partial charge in [-0.25, -0.2) is 8.42 Å². The summed E-state index contributed by atoms with van der Waals surface area (Å²) in [5.74, 6) is 0.195. The third kappa shape index (κ3) is 6.42. The highest BCUT2D eigenvalue weighted by Gasteiger charge is 2.28. The fourth-order valence-electron chi connectivity index (χ4n) is 4.13. The number of nitrogens with one attached hydrogen (secondary N) is 1. The van der Waals surface area contributed by atoms with E-state index in [4.69, 9.17) is 4.74 Å². The van der Waals surface area contributed by atoms with Crippen LogP contribution in [0.5, 0.6) is 5.75 Å². The van der Waals surface area contributed by atoms with E-state index in [9.17, 15) is 13.2 Å². The van der Waals surface area contributed by atoms with E-state index < -0.39 is 22.0 Å². The molecule has 38 heavy (non-hydrogen) atoms. The minimum atomic E-state index is -4.03. The van der Waals surface area contributed by atoms with Crippen LogP contribution in [-0.2, 0) is 14.8 Å². The smallest absolute Gasteiger partial charge is 0.264 e. The Morgan fingerprint density at radius 2 is 1.34 bits per heavy atom. The summed E-state index contributed by atoms with van der Waals surface area (Å²) in [5, 5.41) is 3.06. The normalized spacial score (nSPS) is 12.0. The maximum atomic E-state index is 13.8. The molecule has 0 aliphatic rings. The molecule has 0 saturated carbocycles. The van der Waals surface area contributed by atoms with Gasteiger partial charge in [0, 0.05) is 0 Å². The Bertz CT molecular complexity index is 1450. The molecule has 1 amide bonds. The Labute approximate surface area is 225 Å². The van der Waals surface area contributed by atoms with E-state index in [1.54, 1.807) is 48.5 Å². The fraction of sp³-hybridized carbons (Fsp3) is 0.194. The van der Waals surface area contributed by atoms with Crippen LogP contribution in [0, 0.1) is 13.8 Å². The summed E-state index contributed by atoms with van der Waals surface area (Å²) in [7, 11) is -4.03. The Morgan fingerprint density at radius 3 is 1.92 bits per heavy atom. The molecule has 4 aromatic rings. The molecule has 0 heterocycles. The number of aryl methyl sites for hydroxylation is 2. The topological polar surface area (TPSA) is 75.7 Å². The number of nitrogens with zero attached hydrogens (tertiary/aromatic N) is 1. The monoisotopic (exact) mass is 528 g/mol. The van der Waals surface area contributed by atoms with Crippen LogP contribution in [-0.4, -0.2) is 27.5 Å². The molecule has 0 spiro atoms. The molecule has 0 aromatic heterocycles. The molecule has 0 fully saturated rings. The zero-order chi connectivity index (χ0) is 27.1. The van der Waals surface area contributed by atoms with E-state index in [0.29, 0.717) is 18.0 Å².